The van der Waals surface area contributed by atoms with Crippen molar-refractivity contribution >= 4 is 5.91 Å². The molecule has 1 saturated heterocycles. The Labute approximate surface area is 103 Å². The van der Waals surface area contributed by atoms with Crippen LogP contribution in [0.3, 0.4) is 0 Å². The van der Waals surface area contributed by atoms with Crippen molar-refractivity contribution in [2.45, 2.75) is 45.1 Å². The molecule has 2 aliphatic carbocycles. The van der Waals surface area contributed by atoms with Crippen LogP contribution in [-0.4, -0.2) is 35.1 Å². The summed E-state index contributed by atoms with van der Waals surface area (Å²) in [7, 11) is 0. The van der Waals surface area contributed by atoms with Gasteiger partial charge in [0, 0.05) is 12.5 Å². The Kier molecular flexibility index (Phi) is 2.89. The lowest BCUT2D eigenvalue weighted by Crippen LogP contribution is -2.44. The molecule has 1 amide bonds. The second kappa shape index (κ2) is 4.27. The predicted molar refractivity (Wildman–Crippen MR) is 65.3 cm³/mol. The van der Waals surface area contributed by atoms with E-state index in [2.05, 4.69) is 6.92 Å². The summed E-state index contributed by atoms with van der Waals surface area (Å²) in [5.74, 6) is 2.46. The summed E-state index contributed by atoms with van der Waals surface area (Å²) in [4.78, 5) is 14.6. The van der Waals surface area contributed by atoms with Gasteiger partial charge in [-0.05, 0) is 49.9 Å². The van der Waals surface area contributed by atoms with Gasteiger partial charge in [-0.25, -0.2) is 0 Å². The van der Waals surface area contributed by atoms with Crippen molar-refractivity contribution in [3.05, 3.63) is 0 Å². The molecule has 2 unspecified atom stereocenters. The largest absolute Gasteiger partial charge is 0.394 e. The van der Waals surface area contributed by atoms with E-state index < -0.39 is 0 Å². The SMILES string of the molecule is CC1CCN(C(=O)C(C2CC2)C2CC2)C1CO. The van der Waals surface area contributed by atoms with Crippen molar-refractivity contribution in [2.75, 3.05) is 13.2 Å². The van der Waals surface area contributed by atoms with Crippen LogP contribution < -0.4 is 0 Å². The van der Waals surface area contributed by atoms with Crippen LogP contribution in [-0.2, 0) is 4.79 Å². The summed E-state index contributed by atoms with van der Waals surface area (Å²) in [6, 6.07) is 0.0856. The minimum Gasteiger partial charge on any atom is -0.394 e. The van der Waals surface area contributed by atoms with Crippen LogP contribution in [0.1, 0.15) is 39.0 Å². The van der Waals surface area contributed by atoms with Crippen LogP contribution >= 0.6 is 0 Å². The number of carbonyl (C=O) groups excluding carboxylic acids is 1. The quantitative estimate of drug-likeness (QED) is 0.807. The van der Waals surface area contributed by atoms with Crippen molar-refractivity contribution in [3.63, 3.8) is 0 Å². The van der Waals surface area contributed by atoms with Gasteiger partial charge in [0.1, 0.15) is 0 Å². The van der Waals surface area contributed by atoms with E-state index in [1.807, 2.05) is 4.90 Å². The molecule has 1 aliphatic heterocycles. The molecule has 1 N–H and O–H groups in total. The van der Waals surface area contributed by atoms with Crippen molar-refractivity contribution in [1.29, 1.82) is 0 Å². The van der Waals surface area contributed by atoms with Gasteiger partial charge in [0.2, 0.25) is 5.91 Å². The molecule has 3 aliphatic rings. The molecule has 0 aromatic carbocycles. The van der Waals surface area contributed by atoms with Crippen molar-refractivity contribution < 1.29 is 9.90 Å². The minimum atomic E-state index is 0.0856. The molecule has 3 fully saturated rings. The van der Waals surface area contributed by atoms with Gasteiger partial charge in [0.15, 0.2) is 0 Å². The smallest absolute Gasteiger partial charge is 0.226 e. The lowest BCUT2D eigenvalue weighted by molar-refractivity contribution is -0.139. The number of nitrogens with zero attached hydrogens (tertiary/aromatic N) is 1. The van der Waals surface area contributed by atoms with Gasteiger partial charge in [-0.15, -0.1) is 0 Å². The Hall–Kier alpha value is -0.570. The first kappa shape index (κ1) is 11.5. The molecule has 3 heteroatoms. The van der Waals surface area contributed by atoms with Crippen molar-refractivity contribution in [3.8, 4) is 0 Å². The fourth-order valence-electron chi connectivity index (χ4n) is 3.45. The van der Waals surface area contributed by atoms with E-state index in [4.69, 9.17) is 0 Å². The molecule has 0 spiro atoms. The Bertz CT molecular complexity index is 297. The van der Waals surface area contributed by atoms with Crippen LogP contribution in [0.2, 0.25) is 0 Å². The average molecular weight is 237 g/mol. The number of amides is 1. The van der Waals surface area contributed by atoms with Crippen LogP contribution in [0, 0.1) is 23.7 Å². The number of aliphatic hydroxyl groups excluding tert-OH is 1. The fourth-order valence-corrected chi connectivity index (χ4v) is 3.45. The van der Waals surface area contributed by atoms with Crippen molar-refractivity contribution in [2.24, 2.45) is 23.7 Å². The highest BCUT2D eigenvalue weighted by molar-refractivity contribution is 5.81. The first-order valence-electron chi connectivity index (χ1n) is 7.13. The highest BCUT2D eigenvalue weighted by atomic mass is 16.3. The lowest BCUT2D eigenvalue weighted by atomic mass is 9.95. The van der Waals surface area contributed by atoms with Gasteiger partial charge in [-0.1, -0.05) is 6.92 Å². The molecule has 3 rings (SSSR count). The zero-order valence-corrected chi connectivity index (χ0v) is 10.6. The Morgan fingerprint density at radius 1 is 1.24 bits per heavy atom. The number of hydrogen-bond donors (Lipinski definition) is 1. The molecule has 0 bridgehead atoms. The topological polar surface area (TPSA) is 40.5 Å². The summed E-state index contributed by atoms with van der Waals surface area (Å²) in [6.45, 7) is 3.15. The van der Waals surface area contributed by atoms with E-state index in [1.54, 1.807) is 0 Å². The predicted octanol–water partition coefficient (Wildman–Crippen LogP) is 1.65. The highest BCUT2D eigenvalue weighted by Gasteiger charge is 2.48. The molecule has 0 radical (unpaired) electrons. The second-order valence-corrected chi connectivity index (χ2v) is 6.25. The number of likely N-dealkylation sites (tertiary alicyclic amines) is 1. The maximum absolute atomic E-state index is 12.6. The third kappa shape index (κ3) is 2.10. The number of aliphatic hydroxyl groups is 1. The molecule has 17 heavy (non-hydrogen) atoms. The molecule has 2 atom stereocenters. The van der Waals surface area contributed by atoms with Crippen LogP contribution in [0.25, 0.3) is 0 Å². The van der Waals surface area contributed by atoms with E-state index in [1.165, 1.54) is 25.7 Å². The normalized spacial score (nSPS) is 33.5. The highest BCUT2D eigenvalue weighted by Crippen LogP contribution is 2.50. The van der Waals surface area contributed by atoms with Crippen LogP contribution in [0.5, 0.6) is 0 Å². The van der Waals surface area contributed by atoms with Gasteiger partial charge in [0.25, 0.3) is 0 Å². The number of carbonyl (C=O) groups is 1. The van der Waals surface area contributed by atoms with Gasteiger partial charge >= 0.3 is 0 Å². The first-order chi connectivity index (χ1) is 8.22. The Morgan fingerprint density at radius 2 is 1.82 bits per heavy atom. The fraction of sp³-hybridized carbons (Fsp3) is 0.929. The molecule has 1 heterocycles. The monoisotopic (exact) mass is 237 g/mol. The minimum absolute atomic E-state index is 0.0856. The standard InChI is InChI=1S/C14H23NO2/c1-9-6-7-15(12(9)8-16)14(17)13(10-2-3-10)11-4-5-11/h9-13,16H,2-8H2,1H3. The average Bonchev–Trinajstić information content (AvgIpc) is 3.20. The second-order valence-electron chi connectivity index (χ2n) is 6.25. The number of rotatable bonds is 4. The third-order valence-electron chi connectivity index (χ3n) is 4.90. The van der Waals surface area contributed by atoms with Crippen LogP contribution in [0.4, 0.5) is 0 Å². The van der Waals surface area contributed by atoms with Gasteiger partial charge in [-0.2, -0.15) is 0 Å². The molecule has 3 nitrogen and oxygen atoms in total. The Balaban J connectivity index is 1.71. The van der Waals surface area contributed by atoms with Gasteiger partial charge in [-0.3, -0.25) is 4.79 Å². The number of hydrogen-bond acceptors (Lipinski definition) is 2. The van der Waals surface area contributed by atoms with Gasteiger partial charge in [0.05, 0.1) is 12.6 Å². The molecular formula is C14H23NO2. The summed E-state index contributed by atoms with van der Waals surface area (Å²) < 4.78 is 0. The molecule has 96 valence electrons. The lowest BCUT2D eigenvalue weighted by Gasteiger charge is -2.29. The molecule has 0 aromatic heterocycles. The van der Waals surface area contributed by atoms with Gasteiger partial charge < -0.3 is 10.0 Å². The molecule has 2 saturated carbocycles. The van der Waals surface area contributed by atoms with E-state index in [9.17, 15) is 9.90 Å². The zero-order chi connectivity index (χ0) is 12.0. The van der Waals surface area contributed by atoms with Crippen LogP contribution in [0.15, 0.2) is 0 Å². The third-order valence-corrected chi connectivity index (χ3v) is 4.90. The Morgan fingerprint density at radius 3 is 2.29 bits per heavy atom. The summed E-state index contributed by atoms with van der Waals surface area (Å²) in [6.07, 6.45) is 6.05. The summed E-state index contributed by atoms with van der Waals surface area (Å²) in [5.41, 5.74) is 0. The molecule has 0 aromatic rings. The molecular weight excluding hydrogens is 214 g/mol. The van der Waals surface area contributed by atoms with E-state index >= 15 is 0 Å². The zero-order valence-electron chi connectivity index (χ0n) is 10.6. The maximum Gasteiger partial charge on any atom is 0.226 e. The van der Waals surface area contributed by atoms with E-state index in [0.29, 0.717) is 29.6 Å². The maximum atomic E-state index is 12.6. The van der Waals surface area contributed by atoms with Crippen molar-refractivity contribution in [1.82, 2.24) is 4.90 Å². The summed E-state index contributed by atoms with van der Waals surface area (Å²) in [5, 5.41) is 9.45. The van der Waals surface area contributed by atoms with E-state index in [0.717, 1.165) is 13.0 Å². The van der Waals surface area contributed by atoms with E-state index in [-0.39, 0.29) is 12.6 Å². The summed E-state index contributed by atoms with van der Waals surface area (Å²) >= 11 is 0. The first-order valence-corrected chi connectivity index (χ1v) is 7.13.